The standard InChI is InChI=1S/C17H28O2S/c1-7-8-13-20(18,19)15-12-10-9-11-14(15)17(5,6)16(2,3)4/h9-12H,7-8,13H2,1-6H3. The monoisotopic (exact) mass is 296 g/mol. The quantitative estimate of drug-likeness (QED) is 0.796. The van der Waals surface area contributed by atoms with Crippen LogP contribution >= 0.6 is 0 Å². The first-order valence-electron chi connectivity index (χ1n) is 7.36. The molecule has 0 amide bonds. The van der Waals surface area contributed by atoms with E-state index in [-0.39, 0.29) is 16.6 Å². The van der Waals surface area contributed by atoms with Gasteiger partial charge in [0.15, 0.2) is 9.84 Å². The molecule has 0 N–H and O–H groups in total. The summed E-state index contributed by atoms with van der Waals surface area (Å²) in [4.78, 5) is 0.508. The van der Waals surface area contributed by atoms with Gasteiger partial charge >= 0.3 is 0 Å². The molecule has 0 aliphatic heterocycles. The molecule has 20 heavy (non-hydrogen) atoms. The van der Waals surface area contributed by atoms with E-state index in [0.717, 1.165) is 12.0 Å². The van der Waals surface area contributed by atoms with Crippen LogP contribution in [0.5, 0.6) is 0 Å². The van der Waals surface area contributed by atoms with E-state index < -0.39 is 9.84 Å². The van der Waals surface area contributed by atoms with Crippen LogP contribution in [-0.4, -0.2) is 14.2 Å². The number of benzene rings is 1. The Bertz CT molecular complexity index is 549. The molecule has 0 bridgehead atoms. The van der Waals surface area contributed by atoms with Gasteiger partial charge in [0.1, 0.15) is 0 Å². The van der Waals surface area contributed by atoms with Crippen molar-refractivity contribution in [3.05, 3.63) is 29.8 Å². The maximum atomic E-state index is 12.6. The predicted molar refractivity (Wildman–Crippen MR) is 85.9 cm³/mol. The second kappa shape index (κ2) is 5.88. The Morgan fingerprint density at radius 2 is 1.55 bits per heavy atom. The molecule has 1 aromatic rings. The fourth-order valence-corrected chi connectivity index (χ4v) is 3.94. The maximum Gasteiger partial charge on any atom is 0.178 e. The molecule has 0 unspecified atom stereocenters. The van der Waals surface area contributed by atoms with E-state index in [1.165, 1.54) is 0 Å². The summed E-state index contributed by atoms with van der Waals surface area (Å²) in [6, 6.07) is 7.47. The van der Waals surface area contributed by atoms with Crippen LogP contribution in [0, 0.1) is 5.41 Å². The van der Waals surface area contributed by atoms with E-state index in [1.807, 2.05) is 25.1 Å². The van der Waals surface area contributed by atoms with E-state index in [4.69, 9.17) is 0 Å². The number of hydrogen-bond donors (Lipinski definition) is 0. The molecule has 0 saturated heterocycles. The van der Waals surface area contributed by atoms with Gasteiger partial charge in [-0.2, -0.15) is 0 Å². The van der Waals surface area contributed by atoms with Gasteiger partial charge in [0, 0.05) is 0 Å². The minimum atomic E-state index is -3.20. The Morgan fingerprint density at radius 3 is 2.05 bits per heavy atom. The molecule has 0 atom stereocenters. The summed E-state index contributed by atoms with van der Waals surface area (Å²) in [6.07, 6.45) is 1.61. The average molecular weight is 296 g/mol. The van der Waals surface area contributed by atoms with Crippen molar-refractivity contribution in [1.29, 1.82) is 0 Å². The van der Waals surface area contributed by atoms with Gasteiger partial charge in [-0.15, -0.1) is 0 Å². The largest absolute Gasteiger partial charge is 0.224 e. The first-order valence-corrected chi connectivity index (χ1v) is 9.01. The second-order valence-electron chi connectivity index (χ2n) is 7.04. The molecular weight excluding hydrogens is 268 g/mol. The maximum absolute atomic E-state index is 12.6. The third-order valence-corrected chi connectivity index (χ3v) is 6.39. The van der Waals surface area contributed by atoms with Gasteiger partial charge in [-0.25, -0.2) is 8.42 Å². The van der Waals surface area contributed by atoms with Gasteiger partial charge in [0.2, 0.25) is 0 Å². The number of sulfone groups is 1. The van der Waals surface area contributed by atoms with Crippen LogP contribution < -0.4 is 0 Å². The molecule has 1 rings (SSSR count). The van der Waals surface area contributed by atoms with Crippen molar-refractivity contribution in [2.45, 2.75) is 64.7 Å². The topological polar surface area (TPSA) is 34.1 Å². The van der Waals surface area contributed by atoms with Crippen molar-refractivity contribution in [3.63, 3.8) is 0 Å². The van der Waals surface area contributed by atoms with Crippen LogP contribution in [0.1, 0.15) is 59.9 Å². The van der Waals surface area contributed by atoms with Crippen molar-refractivity contribution >= 4 is 9.84 Å². The van der Waals surface area contributed by atoms with E-state index in [1.54, 1.807) is 6.07 Å². The lowest BCUT2D eigenvalue weighted by Crippen LogP contribution is -2.35. The highest BCUT2D eigenvalue weighted by Gasteiger charge is 2.37. The summed E-state index contributed by atoms with van der Waals surface area (Å²) in [7, 11) is -3.20. The van der Waals surface area contributed by atoms with Crippen LogP contribution in [-0.2, 0) is 15.3 Å². The lowest BCUT2D eigenvalue weighted by atomic mass is 9.65. The van der Waals surface area contributed by atoms with Crippen molar-refractivity contribution in [2.24, 2.45) is 5.41 Å². The zero-order chi connectivity index (χ0) is 15.6. The molecule has 0 heterocycles. The van der Waals surface area contributed by atoms with Gasteiger partial charge in [-0.3, -0.25) is 0 Å². The fraction of sp³-hybridized carbons (Fsp3) is 0.647. The lowest BCUT2D eigenvalue weighted by molar-refractivity contribution is 0.222. The molecule has 0 aliphatic rings. The molecule has 0 saturated carbocycles. The Hall–Kier alpha value is -0.830. The highest BCUT2D eigenvalue weighted by molar-refractivity contribution is 7.91. The minimum absolute atomic E-state index is 0.0105. The first-order chi connectivity index (χ1) is 9.04. The normalized spacial score (nSPS) is 13.5. The van der Waals surface area contributed by atoms with E-state index >= 15 is 0 Å². The summed E-state index contributed by atoms with van der Waals surface area (Å²) >= 11 is 0. The van der Waals surface area contributed by atoms with Gasteiger partial charge in [0.25, 0.3) is 0 Å². The highest BCUT2D eigenvalue weighted by atomic mass is 32.2. The lowest BCUT2D eigenvalue weighted by Gasteiger charge is -2.40. The summed E-state index contributed by atoms with van der Waals surface area (Å²) in [5.41, 5.74) is 0.718. The van der Waals surface area contributed by atoms with Crippen LogP contribution in [0.15, 0.2) is 29.2 Å². The smallest absolute Gasteiger partial charge is 0.178 e. The summed E-state index contributed by atoms with van der Waals surface area (Å²) in [5.74, 6) is 0.237. The second-order valence-corrected chi connectivity index (χ2v) is 9.12. The SMILES string of the molecule is CCCCS(=O)(=O)c1ccccc1C(C)(C)C(C)(C)C. The molecule has 0 spiro atoms. The van der Waals surface area contributed by atoms with Crippen molar-refractivity contribution < 1.29 is 8.42 Å². The molecule has 114 valence electrons. The average Bonchev–Trinajstić information content (AvgIpc) is 2.35. The van der Waals surface area contributed by atoms with Crippen molar-refractivity contribution in [3.8, 4) is 0 Å². The molecule has 0 fully saturated rings. The molecule has 0 aliphatic carbocycles. The first kappa shape index (κ1) is 17.2. The molecule has 0 radical (unpaired) electrons. The number of rotatable bonds is 5. The predicted octanol–water partition coefficient (Wildman–Crippen LogP) is 4.58. The zero-order valence-corrected chi connectivity index (χ0v) is 14.5. The Balaban J connectivity index is 3.39. The third-order valence-electron chi connectivity index (χ3n) is 4.54. The Kier molecular flexibility index (Phi) is 5.07. The summed E-state index contributed by atoms with van der Waals surface area (Å²) < 4.78 is 25.2. The van der Waals surface area contributed by atoms with Crippen LogP contribution in [0.2, 0.25) is 0 Å². The van der Waals surface area contributed by atoms with Crippen LogP contribution in [0.4, 0.5) is 0 Å². The number of unbranched alkanes of at least 4 members (excludes halogenated alkanes) is 1. The van der Waals surface area contributed by atoms with Crippen molar-refractivity contribution in [1.82, 2.24) is 0 Å². The zero-order valence-electron chi connectivity index (χ0n) is 13.7. The Morgan fingerprint density at radius 1 is 1.00 bits per heavy atom. The summed E-state index contributed by atoms with van der Waals surface area (Å²) in [5, 5.41) is 0. The van der Waals surface area contributed by atoms with Gasteiger partial charge < -0.3 is 0 Å². The van der Waals surface area contributed by atoms with Crippen LogP contribution in [0.3, 0.4) is 0 Å². The number of hydrogen-bond acceptors (Lipinski definition) is 2. The molecular formula is C17H28O2S. The Labute approximate surface area is 124 Å². The third kappa shape index (κ3) is 3.43. The molecule has 0 aromatic heterocycles. The molecule has 1 aromatic carbocycles. The highest BCUT2D eigenvalue weighted by Crippen LogP contribution is 2.43. The molecule has 2 nitrogen and oxygen atoms in total. The van der Waals surface area contributed by atoms with Crippen LogP contribution in [0.25, 0.3) is 0 Å². The summed E-state index contributed by atoms with van der Waals surface area (Å²) in [6.45, 7) is 12.7. The fourth-order valence-electron chi connectivity index (χ4n) is 2.10. The van der Waals surface area contributed by atoms with E-state index in [2.05, 4.69) is 34.6 Å². The van der Waals surface area contributed by atoms with E-state index in [0.29, 0.717) is 11.3 Å². The van der Waals surface area contributed by atoms with Gasteiger partial charge in [-0.1, -0.05) is 66.2 Å². The van der Waals surface area contributed by atoms with E-state index in [9.17, 15) is 8.42 Å². The van der Waals surface area contributed by atoms with Gasteiger partial charge in [-0.05, 0) is 28.9 Å². The van der Waals surface area contributed by atoms with Gasteiger partial charge in [0.05, 0.1) is 10.6 Å². The minimum Gasteiger partial charge on any atom is -0.224 e. The molecule has 3 heteroatoms. The van der Waals surface area contributed by atoms with Crippen molar-refractivity contribution in [2.75, 3.05) is 5.75 Å².